The van der Waals surface area contributed by atoms with E-state index in [1.165, 1.54) is 17.0 Å². The van der Waals surface area contributed by atoms with Crippen LogP contribution in [-0.4, -0.2) is 21.8 Å². The van der Waals surface area contributed by atoms with E-state index < -0.39 is 11.6 Å². The number of nitrogens with zero attached hydrogens (tertiary/aromatic N) is 1. The topological polar surface area (TPSA) is 60.8 Å². The lowest BCUT2D eigenvalue weighted by Gasteiger charge is -2.33. The number of carboxylic acid groups (broad SMARTS) is 1. The van der Waals surface area contributed by atoms with Gasteiger partial charge in [0.25, 0.3) is 0 Å². The van der Waals surface area contributed by atoms with Gasteiger partial charge >= 0.3 is 6.09 Å². The number of benzene rings is 1. The second-order valence-electron chi connectivity index (χ2n) is 4.31. The first-order valence-electron chi connectivity index (χ1n) is 4.64. The van der Waals surface area contributed by atoms with Crippen molar-refractivity contribution in [2.24, 2.45) is 0 Å². The maximum Gasteiger partial charge on any atom is 0.412 e. The van der Waals surface area contributed by atoms with E-state index in [0.717, 1.165) is 0 Å². The number of rotatable bonds is 1. The summed E-state index contributed by atoms with van der Waals surface area (Å²) in [5.74, 6) is 0.123. The van der Waals surface area contributed by atoms with Crippen LogP contribution in [0.5, 0.6) is 5.75 Å². The summed E-state index contributed by atoms with van der Waals surface area (Å²) in [6.45, 7) is 5.44. The molecule has 0 atom stereocenters. The minimum Gasteiger partial charge on any atom is -0.508 e. The highest BCUT2D eigenvalue weighted by molar-refractivity contribution is 5.87. The average molecular weight is 209 g/mol. The Morgan fingerprint density at radius 3 is 2.00 bits per heavy atom. The Bertz CT molecular complexity index is 351. The molecule has 82 valence electrons. The summed E-state index contributed by atoms with van der Waals surface area (Å²) in [7, 11) is 0. The van der Waals surface area contributed by atoms with Crippen LogP contribution in [0.25, 0.3) is 0 Å². The van der Waals surface area contributed by atoms with Crippen molar-refractivity contribution < 1.29 is 15.0 Å². The SMILES string of the molecule is CC(C)(C)N(C(=O)O)c1ccc(O)cc1. The molecule has 0 aromatic heterocycles. The number of anilines is 1. The second kappa shape index (κ2) is 3.81. The van der Waals surface area contributed by atoms with Crippen molar-refractivity contribution >= 4 is 11.8 Å². The number of hydrogen-bond donors (Lipinski definition) is 2. The predicted molar refractivity (Wildman–Crippen MR) is 58.4 cm³/mol. The molecule has 0 unspecified atom stereocenters. The van der Waals surface area contributed by atoms with Crippen LogP contribution >= 0.6 is 0 Å². The summed E-state index contributed by atoms with van der Waals surface area (Å²) < 4.78 is 0. The minimum atomic E-state index is -1.01. The molecule has 0 fully saturated rings. The number of amides is 1. The van der Waals surface area contributed by atoms with Gasteiger partial charge in [-0.3, -0.25) is 4.90 Å². The van der Waals surface area contributed by atoms with E-state index in [1.54, 1.807) is 12.1 Å². The third-order valence-electron chi connectivity index (χ3n) is 1.97. The summed E-state index contributed by atoms with van der Waals surface area (Å²) in [4.78, 5) is 12.4. The normalized spacial score (nSPS) is 11.1. The van der Waals surface area contributed by atoms with E-state index in [9.17, 15) is 4.79 Å². The average Bonchev–Trinajstić information content (AvgIpc) is 2.05. The number of aromatic hydroxyl groups is 1. The summed E-state index contributed by atoms with van der Waals surface area (Å²) in [6, 6.07) is 6.09. The highest BCUT2D eigenvalue weighted by Crippen LogP contribution is 2.25. The maximum absolute atomic E-state index is 11.1. The van der Waals surface area contributed by atoms with Gasteiger partial charge in [-0.05, 0) is 45.0 Å². The zero-order valence-corrected chi connectivity index (χ0v) is 9.06. The molecule has 0 heterocycles. The van der Waals surface area contributed by atoms with Gasteiger partial charge in [0.15, 0.2) is 0 Å². The van der Waals surface area contributed by atoms with Crippen molar-refractivity contribution in [1.29, 1.82) is 0 Å². The number of carbonyl (C=O) groups is 1. The molecule has 0 aliphatic carbocycles. The summed E-state index contributed by atoms with van der Waals surface area (Å²) in [5.41, 5.74) is 0.0378. The third-order valence-corrected chi connectivity index (χ3v) is 1.97. The molecule has 2 N–H and O–H groups in total. The van der Waals surface area contributed by atoms with Gasteiger partial charge in [-0.25, -0.2) is 4.79 Å². The molecule has 0 aliphatic heterocycles. The molecule has 0 saturated heterocycles. The molecular formula is C11H15NO3. The monoisotopic (exact) mass is 209 g/mol. The molecule has 0 bridgehead atoms. The van der Waals surface area contributed by atoms with Crippen molar-refractivity contribution in [3.63, 3.8) is 0 Å². The van der Waals surface area contributed by atoms with Crippen molar-refractivity contribution in [1.82, 2.24) is 0 Å². The van der Waals surface area contributed by atoms with Gasteiger partial charge < -0.3 is 10.2 Å². The minimum absolute atomic E-state index is 0.123. The Morgan fingerprint density at radius 2 is 1.67 bits per heavy atom. The summed E-state index contributed by atoms with van der Waals surface area (Å²) >= 11 is 0. The maximum atomic E-state index is 11.1. The predicted octanol–water partition coefficient (Wildman–Crippen LogP) is 2.68. The molecule has 0 radical (unpaired) electrons. The summed E-state index contributed by atoms with van der Waals surface area (Å²) in [6.07, 6.45) is -1.01. The Balaban J connectivity index is 3.11. The Labute approximate surface area is 88.8 Å². The third kappa shape index (κ3) is 2.62. The van der Waals surface area contributed by atoms with E-state index in [-0.39, 0.29) is 5.75 Å². The molecule has 1 amide bonds. The van der Waals surface area contributed by atoms with Gasteiger partial charge in [-0.2, -0.15) is 0 Å². The van der Waals surface area contributed by atoms with Crippen LogP contribution < -0.4 is 4.90 Å². The van der Waals surface area contributed by atoms with E-state index in [2.05, 4.69) is 0 Å². The van der Waals surface area contributed by atoms with Crippen LogP contribution in [0, 0.1) is 0 Å². The van der Waals surface area contributed by atoms with Crippen molar-refractivity contribution in [2.75, 3.05) is 4.90 Å². The first-order chi connectivity index (χ1) is 6.82. The fourth-order valence-electron chi connectivity index (χ4n) is 1.39. The first-order valence-corrected chi connectivity index (χ1v) is 4.64. The quantitative estimate of drug-likeness (QED) is 0.747. The largest absolute Gasteiger partial charge is 0.508 e. The lowest BCUT2D eigenvalue weighted by Crippen LogP contribution is -2.45. The number of phenols is 1. The second-order valence-corrected chi connectivity index (χ2v) is 4.31. The Morgan fingerprint density at radius 1 is 1.20 bits per heavy atom. The van der Waals surface area contributed by atoms with Crippen molar-refractivity contribution in [3.8, 4) is 5.75 Å². The van der Waals surface area contributed by atoms with Crippen LogP contribution in [0.3, 0.4) is 0 Å². The molecule has 0 spiro atoms. The molecule has 15 heavy (non-hydrogen) atoms. The Hall–Kier alpha value is -1.71. The molecule has 1 aromatic carbocycles. The van der Waals surface area contributed by atoms with Crippen LogP contribution in [0.15, 0.2) is 24.3 Å². The fraction of sp³-hybridized carbons (Fsp3) is 0.364. The molecule has 0 saturated carbocycles. The molecule has 1 aromatic rings. The molecule has 1 rings (SSSR count). The molecular weight excluding hydrogens is 194 g/mol. The van der Waals surface area contributed by atoms with E-state index in [4.69, 9.17) is 10.2 Å². The molecule has 4 heteroatoms. The highest BCUT2D eigenvalue weighted by Gasteiger charge is 2.27. The molecule has 0 aliphatic rings. The van der Waals surface area contributed by atoms with Gasteiger partial charge in [-0.1, -0.05) is 0 Å². The van der Waals surface area contributed by atoms with Crippen LogP contribution in [0.2, 0.25) is 0 Å². The van der Waals surface area contributed by atoms with Crippen LogP contribution in [0.4, 0.5) is 10.5 Å². The Kier molecular flexibility index (Phi) is 2.88. The van der Waals surface area contributed by atoms with E-state index in [1.807, 2.05) is 20.8 Å². The lowest BCUT2D eigenvalue weighted by molar-refractivity contribution is 0.195. The van der Waals surface area contributed by atoms with E-state index >= 15 is 0 Å². The fourth-order valence-corrected chi connectivity index (χ4v) is 1.39. The van der Waals surface area contributed by atoms with Crippen molar-refractivity contribution in [3.05, 3.63) is 24.3 Å². The van der Waals surface area contributed by atoms with Gasteiger partial charge in [0.05, 0.1) is 0 Å². The molecule has 4 nitrogen and oxygen atoms in total. The van der Waals surface area contributed by atoms with Crippen LogP contribution in [0.1, 0.15) is 20.8 Å². The van der Waals surface area contributed by atoms with Gasteiger partial charge in [0.2, 0.25) is 0 Å². The summed E-state index contributed by atoms with van der Waals surface area (Å²) in [5, 5.41) is 18.2. The van der Waals surface area contributed by atoms with Crippen LogP contribution in [-0.2, 0) is 0 Å². The zero-order valence-electron chi connectivity index (χ0n) is 9.06. The number of hydrogen-bond acceptors (Lipinski definition) is 2. The number of phenolic OH excluding ortho intramolecular Hbond substituents is 1. The zero-order chi connectivity index (χ0) is 11.6. The standard InChI is InChI=1S/C11H15NO3/c1-11(2,3)12(10(14)15)8-4-6-9(13)7-5-8/h4-7,13H,1-3H3,(H,14,15). The lowest BCUT2D eigenvalue weighted by atomic mass is 10.1. The van der Waals surface area contributed by atoms with E-state index in [0.29, 0.717) is 5.69 Å². The van der Waals surface area contributed by atoms with Gasteiger partial charge in [0.1, 0.15) is 5.75 Å². The smallest absolute Gasteiger partial charge is 0.412 e. The van der Waals surface area contributed by atoms with Gasteiger partial charge in [-0.15, -0.1) is 0 Å². The van der Waals surface area contributed by atoms with Crippen molar-refractivity contribution in [2.45, 2.75) is 26.3 Å². The first kappa shape index (κ1) is 11.4. The highest BCUT2D eigenvalue weighted by atomic mass is 16.4. The van der Waals surface area contributed by atoms with Gasteiger partial charge in [0, 0.05) is 11.2 Å².